The molecule has 0 aromatic heterocycles. The van der Waals surface area contributed by atoms with Gasteiger partial charge in [0.2, 0.25) is 0 Å². The van der Waals surface area contributed by atoms with Crippen molar-refractivity contribution in [3.63, 3.8) is 0 Å². The van der Waals surface area contributed by atoms with E-state index in [-0.39, 0.29) is 0 Å². The fourth-order valence-corrected chi connectivity index (χ4v) is 9.31. The maximum Gasteiger partial charge on any atom is 0.135 e. The largest absolute Gasteiger partial charge is 0.457 e. The highest BCUT2D eigenvalue weighted by atomic mass is 16.5. The summed E-state index contributed by atoms with van der Waals surface area (Å²) < 4.78 is 13.4. The molecule has 2 heteroatoms. The van der Waals surface area contributed by atoms with E-state index in [4.69, 9.17) is 9.47 Å². The Labute approximate surface area is 359 Å². The quantitative estimate of drug-likeness (QED) is 0.145. The van der Waals surface area contributed by atoms with Crippen molar-refractivity contribution in [1.29, 1.82) is 0 Å². The third-order valence-corrected chi connectivity index (χ3v) is 12.3. The topological polar surface area (TPSA) is 18.5 Å². The molecule has 12 aromatic carbocycles. The molecule has 0 aliphatic rings. The lowest BCUT2D eigenvalue weighted by molar-refractivity contribution is 0.480. The van der Waals surface area contributed by atoms with Crippen molar-refractivity contribution in [2.75, 3.05) is 0 Å². The fraction of sp³-hybridized carbons (Fsp3) is 0. The van der Waals surface area contributed by atoms with Crippen LogP contribution in [0.1, 0.15) is 11.1 Å². The molecular formula is C60H38O2. The molecule has 2 nitrogen and oxygen atoms in total. The van der Waals surface area contributed by atoms with Gasteiger partial charge < -0.3 is 9.47 Å². The van der Waals surface area contributed by atoms with E-state index < -0.39 is 0 Å². The second kappa shape index (κ2) is 14.8. The van der Waals surface area contributed by atoms with Gasteiger partial charge in [0.05, 0.1) is 0 Å². The van der Waals surface area contributed by atoms with Crippen LogP contribution < -0.4 is 19.9 Å². The van der Waals surface area contributed by atoms with E-state index in [1.165, 1.54) is 75.8 Å². The predicted molar refractivity (Wildman–Crippen MR) is 259 cm³/mol. The highest BCUT2D eigenvalue weighted by molar-refractivity contribution is 6.22. The minimum absolute atomic E-state index is 0.786. The van der Waals surface area contributed by atoms with Crippen molar-refractivity contribution in [3.05, 3.63) is 240 Å². The third-order valence-electron chi connectivity index (χ3n) is 12.3. The predicted octanol–water partition coefficient (Wildman–Crippen LogP) is 14.9. The van der Waals surface area contributed by atoms with Crippen LogP contribution in [0.4, 0.5) is 0 Å². The molecular weight excluding hydrogens is 753 g/mol. The van der Waals surface area contributed by atoms with Crippen LogP contribution in [-0.2, 0) is 0 Å². The smallest absolute Gasteiger partial charge is 0.135 e. The molecule has 12 aromatic rings. The molecule has 0 bridgehead atoms. The number of rotatable bonds is 9. The van der Waals surface area contributed by atoms with E-state index in [9.17, 15) is 0 Å². The number of hydrogen-bond donors (Lipinski definition) is 0. The molecule has 0 N–H and O–H groups in total. The minimum Gasteiger partial charge on any atom is -0.457 e. The summed E-state index contributed by atoms with van der Waals surface area (Å²) in [6.07, 6.45) is 4.56. The average Bonchev–Trinajstić information content (AvgIpc) is 3.33. The summed E-state index contributed by atoms with van der Waals surface area (Å²) in [5.41, 5.74) is 9.06. The first kappa shape index (κ1) is 35.7. The van der Waals surface area contributed by atoms with Crippen molar-refractivity contribution in [2.24, 2.45) is 0 Å². The molecule has 0 saturated carbocycles. The zero-order chi connectivity index (χ0) is 41.0. The van der Waals surface area contributed by atoms with Gasteiger partial charge in [0, 0.05) is 11.1 Å². The first-order chi connectivity index (χ1) is 30.7. The van der Waals surface area contributed by atoms with Gasteiger partial charge in [0.15, 0.2) is 0 Å². The molecule has 0 aliphatic heterocycles. The van der Waals surface area contributed by atoms with Crippen LogP contribution in [-0.4, -0.2) is 0 Å². The first-order valence-electron chi connectivity index (χ1n) is 21.1. The Morgan fingerprint density at radius 1 is 0.274 bits per heavy atom. The number of hydrogen-bond acceptors (Lipinski definition) is 2. The lowest BCUT2D eigenvalue weighted by Gasteiger charge is -2.18. The van der Waals surface area contributed by atoms with E-state index >= 15 is 0 Å². The maximum atomic E-state index is 6.72. The van der Waals surface area contributed by atoms with Gasteiger partial charge in [-0.15, -0.1) is 0 Å². The maximum absolute atomic E-state index is 6.72. The van der Waals surface area contributed by atoms with E-state index in [2.05, 4.69) is 170 Å². The Bertz CT molecular complexity index is 3370. The van der Waals surface area contributed by atoms with E-state index in [0.29, 0.717) is 0 Å². The number of para-hydroxylation sites is 2. The van der Waals surface area contributed by atoms with E-state index in [0.717, 1.165) is 45.3 Å². The highest BCUT2D eigenvalue weighted by Crippen LogP contribution is 2.40. The highest BCUT2D eigenvalue weighted by Gasteiger charge is 2.18. The lowest BCUT2D eigenvalue weighted by atomic mass is 9.87. The summed E-state index contributed by atoms with van der Waals surface area (Å²) in [6, 6.07) is 76.8. The van der Waals surface area contributed by atoms with Gasteiger partial charge in [-0.1, -0.05) is 182 Å². The van der Waals surface area contributed by atoms with Crippen LogP contribution in [0.15, 0.2) is 218 Å². The Kier molecular flexibility index (Phi) is 8.53. The molecule has 0 fully saturated rings. The van der Waals surface area contributed by atoms with Crippen LogP contribution in [0.2, 0.25) is 0 Å². The summed E-state index contributed by atoms with van der Waals surface area (Å²) in [6.45, 7) is 0. The van der Waals surface area contributed by atoms with Crippen molar-refractivity contribution in [1.82, 2.24) is 0 Å². The minimum atomic E-state index is 0.786. The van der Waals surface area contributed by atoms with Crippen LogP contribution in [0.5, 0.6) is 23.0 Å². The third kappa shape index (κ3) is 6.12. The SMILES string of the molecule is C(c1ccc(-c2ccc(/C=c3/c4cccc5c(-c6ccccc6)ccc3c54)c(Oc3ccccc3)c2)cc1Oc1ccccc1)=c1c2cccc3c(-c4ccccc4)ccc1c32. The van der Waals surface area contributed by atoms with Crippen molar-refractivity contribution in [2.45, 2.75) is 0 Å². The Hall–Kier alpha value is -8.20. The van der Waals surface area contributed by atoms with Gasteiger partial charge in [-0.2, -0.15) is 0 Å². The molecule has 0 spiro atoms. The van der Waals surface area contributed by atoms with Crippen LogP contribution in [0.25, 0.3) is 88.6 Å². The van der Waals surface area contributed by atoms with Crippen molar-refractivity contribution in [3.8, 4) is 56.4 Å². The zero-order valence-electron chi connectivity index (χ0n) is 33.8. The van der Waals surface area contributed by atoms with Gasteiger partial charge in [-0.05, 0) is 135 Å². The molecule has 0 saturated heterocycles. The van der Waals surface area contributed by atoms with Crippen LogP contribution in [0.3, 0.4) is 0 Å². The van der Waals surface area contributed by atoms with Gasteiger partial charge in [-0.3, -0.25) is 0 Å². The van der Waals surface area contributed by atoms with Crippen LogP contribution >= 0.6 is 0 Å². The van der Waals surface area contributed by atoms with E-state index in [1.54, 1.807) is 0 Å². The standard InChI is InChI=1S/C60H38O2/c1-5-15-39(16-6-1)47-31-33-53-55(51-25-13-23-49(47)59(51)53)35-43-29-27-41(37-57(43)61-45-19-9-3-10-20-45)42-28-30-44(58(38-42)62-46-21-11-4-12-22-46)36-56-52-26-14-24-50-48(32-34-54(56)60(50)52)40-17-7-2-8-18-40/h1-38H/b55-35-,56-36?. The molecule has 12 rings (SSSR count). The Balaban J connectivity index is 0.968. The molecule has 0 atom stereocenters. The summed E-state index contributed by atoms with van der Waals surface area (Å²) >= 11 is 0. The molecule has 0 amide bonds. The van der Waals surface area contributed by atoms with Crippen LogP contribution in [0, 0.1) is 0 Å². The Morgan fingerprint density at radius 3 is 1.06 bits per heavy atom. The zero-order valence-corrected chi connectivity index (χ0v) is 33.8. The first-order valence-corrected chi connectivity index (χ1v) is 21.1. The fourth-order valence-electron chi connectivity index (χ4n) is 9.31. The van der Waals surface area contributed by atoms with Gasteiger partial charge >= 0.3 is 0 Å². The summed E-state index contributed by atoms with van der Waals surface area (Å²) in [4.78, 5) is 0. The lowest BCUT2D eigenvalue weighted by Crippen LogP contribution is -2.11. The second-order valence-electron chi connectivity index (χ2n) is 16.0. The molecule has 0 unspecified atom stereocenters. The second-order valence-corrected chi connectivity index (χ2v) is 16.0. The summed E-state index contributed by atoms with van der Waals surface area (Å²) in [7, 11) is 0. The number of benzene rings is 10. The molecule has 0 aliphatic carbocycles. The van der Waals surface area contributed by atoms with Gasteiger partial charge in [0.25, 0.3) is 0 Å². The summed E-state index contributed by atoms with van der Waals surface area (Å²) in [5, 5.41) is 12.7. The van der Waals surface area contributed by atoms with Crippen molar-refractivity contribution >= 4 is 55.2 Å². The van der Waals surface area contributed by atoms with Gasteiger partial charge in [-0.25, -0.2) is 0 Å². The average molecular weight is 791 g/mol. The molecule has 62 heavy (non-hydrogen) atoms. The molecule has 290 valence electrons. The monoisotopic (exact) mass is 790 g/mol. The summed E-state index contributed by atoms with van der Waals surface area (Å²) in [5.74, 6) is 3.14. The normalized spacial score (nSPS) is 12.4. The van der Waals surface area contributed by atoms with E-state index in [1.807, 2.05) is 60.7 Å². The van der Waals surface area contributed by atoms with Gasteiger partial charge in [0.1, 0.15) is 23.0 Å². The number of ether oxygens (including phenoxy) is 2. The van der Waals surface area contributed by atoms with Crippen molar-refractivity contribution < 1.29 is 9.47 Å². The molecule has 0 heterocycles. The molecule has 0 radical (unpaired) electrons. The Morgan fingerprint density at radius 2 is 0.645 bits per heavy atom.